The van der Waals surface area contributed by atoms with Crippen LogP contribution in [0.2, 0.25) is 10.0 Å². The summed E-state index contributed by atoms with van der Waals surface area (Å²) >= 11 is 13.0. The molecule has 280 valence electrons. The van der Waals surface area contributed by atoms with Crippen molar-refractivity contribution in [2.24, 2.45) is 0 Å². The van der Waals surface area contributed by atoms with Crippen LogP contribution in [0.1, 0.15) is 60.5 Å². The lowest BCUT2D eigenvalue weighted by atomic mass is 9.71. The zero-order chi connectivity index (χ0) is 36.9. The number of carbonyl (C=O) groups excluding carboxylic acids is 2. The highest BCUT2D eigenvalue weighted by Crippen LogP contribution is 2.44. The van der Waals surface area contributed by atoms with E-state index in [1.54, 1.807) is 33.5 Å². The van der Waals surface area contributed by atoms with Crippen molar-refractivity contribution in [2.75, 3.05) is 86.8 Å². The predicted molar refractivity (Wildman–Crippen MR) is 206 cm³/mol. The van der Waals surface area contributed by atoms with Crippen LogP contribution in [0, 0.1) is 0 Å². The minimum atomic E-state index is -0.525. The van der Waals surface area contributed by atoms with Gasteiger partial charge < -0.3 is 28.9 Å². The molecule has 52 heavy (non-hydrogen) atoms. The van der Waals surface area contributed by atoms with Crippen LogP contribution < -0.4 is 14.2 Å². The summed E-state index contributed by atoms with van der Waals surface area (Å²) in [6, 6.07) is 19.7. The maximum Gasteiger partial charge on any atom is 0.254 e. The van der Waals surface area contributed by atoms with Crippen molar-refractivity contribution < 1.29 is 23.8 Å². The summed E-state index contributed by atoms with van der Waals surface area (Å²) in [6.07, 6.45) is 4.29. The van der Waals surface area contributed by atoms with Crippen LogP contribution in [-0.2, 0) is 15.6 Å². The number of benzene rings is 3. The molecule has 0 bridgehead atoms. The molecule has 0 aliphatic carbocycles. The van der Waals surface area contributed by atoms with Crippen LogP contribution in [0.25, 0.3) is 0 Å². The van der Waals surface area contributed by atoms with Gasteiger partial charge in [-0.3, -0.25) is 14.5 Å². The molecule has 0 radical (unpaired) electrons. The third-order valence-corrected chi connectivity index (χ3v) is 12.4. The van der Waals surface area contributed by atoms with Gasteiger partial charge in [0.15, 0.2) is 11.5 Å². The molecule has 3 aliphatic rings. The Morgan fingerprint density at radius 1 is 0.692 bits per heavy atom. The Labute approximate surface area is 318 Å². The fraction of sp³-hybridized carbons (Fsp3) is 0.512. The van der Waals surface area contributed by atoms with Gasteiger partial charge in [-0.2, -0.15) is 0 Å². The molecule has 0 N–H and O–H groups in total. The van der Waals surface area contributed by atoms with E-state index >= 15 is 0 Å². The average molecular weight is 752 g/mol. The van der Waals surface area contributed by atoms with Crippen LogP contribution in [0.5, 0.6) is 17.2 Å². The quantitative estimate of drug-likeness (QED) is 0.202. The SMILES string of the molecule is CCCN1CCN(C(=O)C2(c3ccccc3)CCN(CC[C@]3(c4ccc(Cl)c(Cl)c4)CCN(C(=O)c4cc(OC)c(OC)c(OC)c4)C3)CC2)CC1. The Morgan fingerprint density at radius 3 is 1.94 bits per heavy atom. The molecule has 3 aromatic carbocycles. The normalized spacial score (nSPS) is 20.9. The standard InChI is InChI=1S/C41H52Cl2N4O5/c1-5-17-44-22-24-46(25-23-44)39(49)41(31-9-7-6-8-10-31)15-19-45(20-16-41)18-13-40(32-11-12-33(42)34(43)28-32)14-21-47(29-40)38(48)30-26-35(50-2)37(52-4)36(27-30)51-3/h6-12,26-28H,5,13-25,29H2,1-4H3/t40-/m0/s1. The van der Waals surface area contributed by atoms with Gasteiger partial charge in [0.05, 0.1) is 36.8 Å². The highest BCUT2D eigenvalue weighted by Gasteiger charge is 2.47. The Morgan fingerprint density at radius 2 is 1.35 bits per heavy atom. The molecular weight excluding hydrogens is 699 g/mol. The summed E-state index contributed by atoms with van der Waals surface area (Å²) in [5.41, 5.74) is 1.83. The minimum Gasteiger partial charge on any atom is -0.493 e. The highest BCUT2D eigenvalue weighted by atomic mass is 35.5. The number of halogens is 2. The van der Waals surface area contributed by atoms with Gasteiger partial charge in [0.2, 0.25) is 11.7 Å². The average Bonchev–Trinajstić information content (AvgIpc) is 3.63. The van der Waals surface area contributed by atoms with E-state index in [0.717, 1.165) is 95.6 Å². The van der Waals surface area contributed by atoms with E-state index in [2.05, 4.69) is 52.0 Å². The van der Waals surface area contributed by atoms with Crippen LogP contribution in [0.3, 0.4) is 0 Å². The molecule has 3 aliphatic heterocycles. The van der Waals surface area contributed by atoms with Gasteiger partial charge >= 0.3 is 0 Å². The van der Waals surface area contributed by atoms with E-state index in [1.807, 2.05) is 23.1 Å². The Hall–Kier alpha value is -3.50. The van der Waals surface area contributed by atoms with Gasteiger partial charge in [-0.1, -0.05) is 66.5 Å². The summed E-state index contributed by atoms with van der Waals surface area (Å²) in [7, 11) is 4.64. The molecule has 9 nitrogen and oxygen atoms in total. The van der Waals surface area contributed by atoms with Gasteiger partial charge in [-0.15, -0.1) is 0 Å². The molecule has 3 heterocycles. The number of amides is 2. The van der Waals surface area contributed by atoms with Gasteiger partial charge in [-0.25, -0.2) is 0 Å². The van der Waals surface area contributed by atoms with Crippen molar-refractivity contribution in [1.29, 1.82) is 0 Å². The smallest absolute Gasteiger partial charge is 0.254 e. The molecule has 3 fully saturated rings. The third-order valence-electron chi connectivity index (χ3n) is 11.6. The van der Waals surface area contributed by atoms with Crippen LogP contribution in [0.4, 0.5) is 0 Å². The van der Waals surface area contributed by atoms with Crippen LogP contribution >= 0.6 is 23.2 Å². The number of piperazine rings is 1. The van der Waals surface area contributed by atoms with Gasteiger partial charge in [-0.05, 0) is 93.7 Å². The molecule has 6 rings (SSSR count). The Balaban J connectivity index is 1.19. The summed E-state index contributed by atoms with van der Waals surface area (Å²) in [5.74, 6) is 1.50. The number of methoxy groups -OCH3 is 3. The number of ether oxygens (including phenoxy) is 3. The molecule has 3 saturated heterocycles. The van der Waals surface area contributed by atoms with E-state index in [9.17, 15) is 9.59 Å². The summed E-state index contributed by atoms with van der Waals surface area (Å²) in [6.45, 7) is 10.3. The molecule has 0 unspecified atom stereocenters. The first-order valence-corrected chi connectivity index (χ1v) is 19.3. The molecule has 11 heteroatoms. The lowest BCUT2D eigenvalue weighted by Gasteiger charge is -2.46. The number of nitrogens with zero attached hydrogens (tertiary/aromatic N) is 4. The molecule has 3 aromatic rings. The predicted octanol–water partition coefficient (Wildman–Crippen LogP) is 6.78. The number of likely N-dealkylation sites (tertiary alicyclic amines) is 2. The lowest BCUT2D eigenvalue weighted by Crippen LogP contribution is -2.57. The van der Waals surface area contributed by atoms with Crippen molar-refractivity contribution in [1.82, 2.24) is 19.6 Å². The van der Waals surface area contributed by atoms with Crippen LogP contribution in [-0.4, -0.2) is 118 Å². The van der Waals surface area contributed by atoms with Crippen LogP contribution in [0.15, 0.2) is 60.7 Å². The van der Waals surface area contributed by atoms with Crippen molar-refractivity contribution in [3.63, 3.8) is 0 Å². The topological polar surface area (TPSA) is 74.8 Å². The van der Waals surface area contributed by atoms with Crippen molar-refractivity contribution in [3.8, 4) is 17.2 Å². The van der Waals surface area contributed by atoms with Gasteiger partial charge in [0.1, 0.15) is 0 Å². The first-order chi connectivity index (χ1) is 25.2. The van der Waals surface area contributed by atoms with Crippen molar-refractivity contribution >= 4 is 35.0 Å². The number of hydrogen-bond acceptors (Lipinski definition) is 7. The summed E-state index contributed by atoms with van der Waals surface area (Å²) < 4.78 is 16.6. The van der Waals surface area contributed by atoms with Crippen molar-refractivity contribution in [2.45, 2.75) is 49.9 Å². The second-order valence-corrected chi connectivity index (χ2v) is 15.3. The highest BCUT2D eigenvalue weighted by molar-refractivity contribution is 6.42. The zero-order valence-corrected chi connectivity index (χ0v) is 32.5. The first kappa shape index (κ1) is 38.2. The Kier molecular flexibility index (Phi) is 12.3. The molecular formula is C41H52Cl2N4O5. The van der Waals surface area contributed by atoms with E-state index in [1.165, 1.54) is 0 Å². The molecule has 0 saturated carbocycles. The summed E-state index contributed by atoms with van der Waals surface area (Å²) in [4.78, 5) is 37.5. The summed E-state index contributed by atoms with van der Waals surface area (Å²) in [5, 5.41) is 1.02. The molecule has 0 aromatic heterocycles. The molecule has 2 amide bonds. The third kappa shape index (κ3) is 7.74. The number of carbonyl (C=O) groups is 2. The van der Waals surface area contributed by atoms with E-state index in [4.69, 9.17) is 37.4 Å². The number of piperidine rings is 1. The number of rotatable bonds is 12. The van der Waals surface area contributed by atoms with E-state index < -0.39 is 5.41 Å². The van der Waals surface area contributed by atoms with Gasteiger partial charge in [0.25, 0.3) is 5.91 Å². The fourth-order valence-electron chi connectivity index (χ4n) is 8.55. The molecule has 1 atom stereocenters. The van der Waals surface area contributed by atoms with Gasteiger partial charge in [0, 0.05) is 50.2 Å². The number of hydrogen-bond donors (Lipinski definition) is 0. The minimum absolute atomic E-state index is 0.0964. The zero-order valence-electron chi connectivity index (χ0n) is 31.0. The second-order valence-electron chi connectivity index (χ2n) is 14.5. The first-order valence-electron chi connectivity index (χ1n) is 18.5. The monoisotopic (exact) mass is 750 g/mol. The Bertz CT molecular complexity index is 1680. The lowest BCUT2D eigenvalue weighted by molar-refractivity contribution is -0.141. The second kappa shape index (κ2) is 16.7. The largest absolute Gasteiger partial charge is 0.493 e. The van der Waals surface area contributed by atoms with E-state index in [-0.39, 0.29) is 17.2 Å². The van der Waals surface area contributed by atoms with E-state index in [0.29, 0.717) is 45.9 Å². The fourth-order valence-corrected chi connectivity index (χ4v) is 8.85. The maximum atomic E-state index is 14.4. The maximum absolute atomic E-state index is 14.4. The molecule has 0 spiro atoms. The van der Waals surface area contributed by atoms with Crippen molar-refractivity contribution in [3.05, 3.63) is 87.4 Å².